The number of fused-ring (bicyclic) bond motifs is 1. The van der Waals surface area contributed by atoms with Gasteiger partial charge in [0, 0.05) is 32.4 Å². The standard InChI is InChI=1S/C22H22F5N7O/c23-17(24)13-34-19-15(10-30-34)28-11-18(31-19)32-6-3-21(4-7-32)5-8-33(20(21)35)12-14-1-2-16(29-9-14)22(25,26)27/h1-2,9-11,17H,3-8,12-13H2. The van der Waals surface area contributed by atoms with Gasteiger partial charge < -0.3 is 9.80 Å². The Kier molecular flexibility index (Phi) is 5.80. The smallest absolute Gasteiger partial charge is 0.355 e. The molecule has 5 rings (SSSR count). The molecule has 13 heteroatoms. The topological polar surface area (TPSA) is 80.0 Å². The Labute approximate surface area is 196 Å². The number of piperidine rings is 1. The van der Waals surface area contributed by atoms with E-state index in [1.54, 1.807) is 11.1 Å². The number of amides is 1. The number of hydrogen-bond acceptors (Lipinski definition) is 6. The fourth-order valence-corrected chi connectivity index (χ4v) is 4.83. The highest BCUT2D eigenvalue weighted by Gasteiger charge is 2.48. The number of carbonyl (C=O) groups excluding carboxylic acids is 1. The van der Waals surface area contributed by atoms with Crippen LogP contribution in [0.4, 0.5) is 27.8 Å². The first kappa shape index (κ1) is 23.4. The molecule has 0 aromatic carbocycles. The van der Waals surface area contributed by atoms with Crippen molar-refractivity contribution in [3.8, 4) is 0 Å². The Hall–Kier alpha value is -3.38. The zero-order valence-corrected chi connectivity index (χ0v) is 18.5. The van der Waals surface area contributed by atoms with E-state index in [1.165, 1.54) is 12.3 Å². The molecular formula is C22H22F5N7O. The van der Waals surface area contributed by atoms with E-state index in [0.29, 0.717) is 55.8 Å². The van der Waals surface area contributed by atoms with Crippen molar-refractivity contribution in [3.05, 3.63) is 42.0 Å². The molecular weight excluding hydrogens is 473 g/mol. The lowest BCUT2D eigenvalue weighted by Crippen LogP contribution is -2.45. The predicted octanol–water partition coefficient (Wildman–Crippen LogP) is 3.52. The number of aromatic nitrogens is 5. The lowest BCUT2D eigenvalue weighted by atomic mass is 9.77. The van der Waals surface area contributed by atoms with Gasteiger partial charge in [-0.3, -0.25) is 9.78 Å². The van der Waals surface area contributed by atoms with Crippen molar-refractivity contribution in [2.45, 2.75) is 45.0 Å². The molecule has 2 aliphatic rings. The number of halogens is 5. The van der Waals surface area contributed by atoms with Gasteiger partial charge in [-0.15, -0.1) is 0 Å². The largest absolute Gasteiger partial charge is 0.433 e. The van der Waals surface area contributed by atoms with Crippen molar-refractivity contribution >= 4 is 22.9 Å². The van der Waals surface area contributed by atoms with Crippen LogP contribution in [-0.4, -0.2) is 61.6 Å². The quantitative estimate of drug-likeness (QED) is 0.504. The summed E-state index contributed by atoms with van der Waals surface area (Å²) in [7, 11) is 0. The monoisotopic (exact) mass is 495 g/mol. The lowest BCUT2D eigenvalue weighted by Gasteiger charge is -2.38. The molecule has 0 radical (unpaired) electrons. The van der Waals surface area contributed by atoms with Gasteiger partial charge in [0.2, 0.25) is 5.91 Å². The Morgan fingerprint density at radius 2 is 1.74 bits per heavy atom. The van der Waals surface area contributed by atoms with Crippen molar-refractivity contribution in [2.75, 3.05) is 24.5 Å². The highest BCUT2D eigenvalue weighted by molar-refractivity contribution is 5.85. The maximum Gasteiger partial charge on any atom is 0.433 e. The average Bonchev–Trinajstić information content (AvgIpc) is 3.35. The van der Waals surface area contributed by atoms with E-state index in [-0.39, 0.29) is 18.1 Å². The fourth-order valence-electron chi connectivity index (χ4n) is 4.83. The van der Waals surface area contributed by atoms with Crippen LogP contribution in [0.1, 0.15) is 30.5 Å². The van der Waals surface area contributed by atoms with E-state index in [2.05, 4.69) is 20.1 Å². The first-order chi connectivity index (χ1) is 16.6. The van der Waals surface area contributed by atoms with Crippen LogP contribution in [0.2, 0.25) is 0 Å². The summed E-state index contributed by atoms with van der Waals surface area (Å²) in [5.74, 6) is 0.537. The molecule has 0 unspecified atom stereocenters. The summed E-state index contributed by atoms with van der Waals surface area (Å²) in [5, 5.41) is 3.93. The van der Waals surface area contributed by atoms with Gasteiger partial charge in [0.15, 0.2) is 5.65 Å². The predicted molar refractivity (Wildman–Crippen MR) is 114 cm³/mol. The van der Waals surface area contributed by atoms with E-state index >= 15 is 0 Å². The molecule has 0 saturated carbocycles. The third kappa shape index (κ3) is 4.50. The molecule has 0 bridgehead atoms. The van der Waals surface area contributed by atoms with Crippen molar-refractivity contribution in [3.63, 3.8) is 0 Å². The summed E-state index contributed by atoms with van der Waals surface area (Å²) in [4.78, 5) is 29.1. The molecule has 8 nitrogen and oxygen atoms in total. The summed E-state index contributed by atoms with van der Waals surface area (Å²) < 4.78 is 65.0. The summed E-state index contributed by atoms with van der Waals surface area (Å²) in [6.45, 7) is 1.27. The minimum absolute atomic E-state index is 0.00593. The Bertz CT molecular complexity index is 1220. The molecule has 35 heavy (non-hydrogen) atoms. The van der Waals surface area contributed by atoms with Gasteiger partial charge in [-0.05, 0) is 30.9 Å². The molecule has 0 N–H and O–H groups in total. The minimum atomic E-state index is -4.50. The summed E-state index contributed by atoms with van der Waals surface area (Å²) in [5.41, 5.74) is -0.218. The van der Waals surface area contributed by atoms with Crippen LogP contribution >= 0.6 is 0 Å². The van der Waals surface area contributed by atoms with Crippen LogP contribution in [-0.2, 0) is 24.1 Å². The van der Waals surface area contributed by atoms with Gasteiger partial charge in [0.25, 0.3) is 6.43 Å². The molecule has 2 aliphatic heterocycles. The number of likely N-dealkylation sites (tertiary alicyclic amines) is 1. The Morgan fingerprint density at radius 3 is 2.40 bits per heavy atom. The van der Waals surface area contributed by atoms with Gasteiger partial charge in [0.05, 0.1) is 17.8 Å². The number of anilines is 1. The fraction of sp³-hybridized carbons (Fsp3) is 0.500. The van der Waals surface area contributed by atoms with Gasteiger partial charge in [-0.2, -0.15) is 18.3 Å². The SMILES string of the molecule is O=C1N(Cc2ccc(C(F)(F)F)nc2)CCC12CCN(c1cnc3cnn(CC(F)F)c3n1)CC2. The Balaban J connectivity index is 1.24. The molecule has 1 amide bonds. The van der Waals surface area contributed by atoms with E-state index in [1.807, 2.05) is 4.90 Å². The third-order valence-corrected chi connectivity index (χ3v) is 6.78. The highest BCUT2D eigenvalue weighted by atomic mass is 19.4. The van der Waals surface area contributed by atoms with E-state index < -0.39 is 30.3 Å². The molecule has 0 aliphatic carbocycles. The third-order valence-electron chi connectivity index (χ3n) is 6.78. The number of rotatable bonds is 5. The zero-order chi connectivity index (χ0) is 24.8. The average molecular weight is 495 g/mol. The van der Waals surface area contributed by atoms with E-state index in [9.17, 15) is 26.7 Å². The molecule has 1 spiro atoms. The zero-order valence-electron chi connectivity index (χ0n) is 18.5. The first-order valence-electron chi connectivity index (χ1n) is 11.2. The number of nitrogens with zero attached hydrogens (tertiary/aromatic N) is 7. The van der Waals surface area contributed by atoms with E-state index in [0.717, 1.165) is 16.9 Å². The van der Waals surface area contributed by atoms with Crippen LogP contribution in [0.15, 0.2) is 30.7 Å². The van der Waals surface area contributed by atoms with Crippen LogP contribution < -0.4 is 4.90 Å². The molecule has 0 atom stereocenters. The molecule has 3 aromatic rings. The van der Waals surface area contributed by atoms with Crippen LogP contribution in [0.25, 0.3) is 11.2 Å². The molecule has 3 aromatic heterocycles. The first-order valence-corrected chi connectivity index (χ1v) is 11.2. The van der Waals surface area contributed by atoms with Crippen molar-refractivity contribution < 1.29 is 26.7 Å². The van der Waals surface area contributed by atoms with Crippen molar-refractivity contribution in [2.24, 2.45) is 5.41 Å². The van der Waals surface area contributed by atoms with Crippen molar-refractivity contribution in [1.82, 2.24) is 29.6 Å². The summed E-state index contributed by atoms with van der Waals surface area (Å²) in [6.07, 6.45) is -1.08. The maximum atomic E-state index is 13.2. The molecule has 186 valence electrons. The van der Waals surface area contributed by atoms with Gasteiger partial charge >= 0.3 is 6.18 Å². The van der Waals surface area contributed by atoms with Gasteiger partial charge in [0.1, 0.15) is 23.6 Å². The lowest BCUT2D eigenvalue weighted by molar-refractivity contribution is -0.141. The normalized spacial score (nSPS) is 18.4. The van der Waals surface area contributed by atoms with Crippen LogP contribution in [0.3, 0.4) is 0 Å². The number of alkyl halides is 5. The number of pyridine rings is 1. The molecule has 2 saturated heterocycles. The second-order valence-corrected chi connectivity index (χ2v) is 8.95. The number of carbonyl (C=O) groups is 1. The van der Waals surface area contributed by atoms with E-state index in [4.69, 9.17) is 0 Å². The van der Waals surface area contributed by atoms with Gasteiger partial charge in [-0.1, -0.05) is 6.07 Å². The maximum absolute atomic E-state index is 13.2. The summed E-state index contributed by atoms with van der Waals surface area (Å²) in [6, 6.07) is 2.28. The second kappa shape index (κ2) is 8.68. The second-order valence-electron chi connectivity index (χ2n) is 8.95. The minimum Gasteiger partial charge on any atom is -0.355 e. The summed E-state index contributed by atoms with van der Waals surface area (Å²) >= 11 is 0. The number of hydrogen-bond donors (Lipinski definition) is 0. The highest BCUT2D eigenvalue weighted by Crippen LogP contribution is 2.42. The van der Waals surface area contributed by atoms with Crippen LogP contribution in [0.5, 0.6) is 0 Å². The van der Waals surface area contributed by atoms with Crippen LogP contribution in [0, 0.1) is 5.41 Å². The molecule has 5 heterocycles. The molecule has 2 fully saturated rings. The Morgan fingerprint density at radius 1 is 1.00 bits per heavy atom. The van der Waals surface area contributed by atoms with Gasteiger partial charge in [-0.25, -0.2) is 23.4 Å². The van der Waals surface area contributed by atoms with Crippen molar-refractivity contribution in [1.29, 1.82) is 0 Å².